The second-order valence-electron chi connectivity index (χ2n) is 3.55. The van der Waals surface area contributed by atoms with E-state index in [1.807, 2.05) is 0 Å². The highest BCUT2D eigenvalue weighted by atomic mass is 79.9. The maximum atomic E-state index is 11.9. The van der Waals surface area contributed by atoms with Crippen molar-refractivity contribution in [2.45, 2.75) is 12.5 Å². The van der Waals surface area contributed by atoms with E-state index in [1.54, 1.807) is 12.1 Å². The molecule has 1 rings (SSSR count). The van der Waals surface area contributed by atoms with Crippen LogP contribution in [-0.2, 0) is 4.79 Å². The van der Waals surface area contributed by atoms with Crippen molar-refractivity contribution in [3.05, 3.63) is 45.9 Å². The number of amides is 1. The van der Waals surface area contributed by atoms with Crippen LogP contribution in [0.4, 0.5) is 0 Å². The maximum absolute atomic E-state index is 11.9. The standard InChI is InChI=1S/C12H11BrClNO3/c1-2-3-10(12(17)18)15-11(16)7-4-8(13)6-9(14)5-7/h2,4-6,10H,1,3H2,(H,15,16)(H,17,18). The Hall–Kier alpha value is -1.33. The number of nitrogens with one attached hydrogen (secondary N) is 1. The van der Waals surface area contributed by atoms with Crippen molar-refractivity contribution < 1.29 is 14.7 Å². The number of aliphatic carboxylic acids is 1. The average molecular weight is 333 g/mol. The van der Waals surface area contributed by atoms with Crippen molar-refractivity contribution in [2.24, 2.45) is 0 Å². The first-order valence-corrected chi connectivity index (χ1v) is 6.21. The van der Waals surface area contributed by atoms with Gasteiger partial charge in [0.15, 0.2) is 0 Å². The first kappa shape index (κ1) is 14.7. The first-order chi connectivity index (χ1) is 8.43. The normalized spacial score (nSPS) is 11.7. The Labute approximate surface area is 118 Å². The van der Waals surface area contributed by atoms with E-state index in [9.17, 15) is 9.59 Å². The Morgan fingerprint density at radius 1 is 1.50 bits per heavy atom. The van der Waals surface area contributed by atoms with E-state index in [1.165, 1.54) is 12.1 Å². The highest BCUT2D eigenvalue weighted by Gasteiger charge is 2.19. The molecule has 0 radical (unpaired) electrons. The monoisotopic (exact) mass is 331 g/mol. The molecule has 0 bridgehead atoms. The van der Waals surface area contributed by atoms with Crippen molar-refractivity contribution in [1.82, 2.24) is 5.32 Å². The molecule has 4 nitrogen and oxygen atoms in total. The first-order valence-electron chi connectivity index (χ1n) is 5.04. The van der Waals surface area contributed by atoms with E-state index in [4.69, 9.17) is 16.7 Å². The van der Waals surface area contributed by atoms with Crippen LogP contribution in [0.3, 0.4) is 0 Å². The van der Waals surface area contributed by atoms with Gasteiger partial charge in [-0.25, -0.2) is 4.79 Å². The highest BCUT2D eigenvalue weighted by molar-refractivity contribution is 9.10. The second kappa shape index (κ2) is 6.56. The van der Waals surface area contributed by atoms with E-state index >= 15 is 0 Å². The fourth-order valence-corrected chi connectivity index (χ4v) is 2.17. The van der Waals surface area contributed by atoms with Crippen LogP contribution in [0.25, 0.3) is 0 Å². The summed E-state index contributed by atoms with van der Waals surface area (Å²) in [5.74, 6) is -1.60. The molecule has 6 heteroatoms. The molecule has 1 unspecified atom stereocenters. The third kappa shape index (κ3) is 4.16. The number of hydrogen-bond donors (Lipinski definition) is 2. The lowest BCUT2D eigenvalue weighted by Gasteiger charge is -2.12. The van der Waals surface area contributed by atoms with Crippen LogP contribution in [0.5, 0.6) is 0 Å². The number of rotatable bonds is 5. The summed E-state index contributed by atoms with van der Waals surface area (Å²) in [5.41, 5.74) is 0.296. The van der Waals surface area contributed by atoms with Gasteiger partial charge in [-0.15, -0.1) is 6.58 Å². The van der Waals surface area contributed by atoms with Gasteiger partial charge >= 0.3 is 5.97 Å². The van der Waals surface area contributed by atoms with Crippen molar-refractivity contribution in [2.75, 3.05) is 0 Å². The summed E-state index contributed by atoms with van der Waals surface area (Å²) in [6, 6.07) is 3.67. The lowest BCUT2D eigenvalue weighted by atomic mass is 10.1. The third-order valence-electron chi connectivity index (χ3n) is 2.13. The van der Waals surface area contributed by atoms with Gasteiger partial charge < -0.3 is 10.4 Å². The lowest BCUT2D eigenvalue weighted by molar-refractivity contribution is -0.139. The molecule has 0 aliphatic heterocycles. The van der Waals surface area contributed by atoms with Crippen molar-refractivity contribution >= 4 is 39.4 Å². The molecule has 0 aliphatic carbocycles. The number of carboxylic acids is 1. The van der Waals surface area contributed by atoms with Crippen LogP contribution < -0.4 is 5.32 Å². The van der Waals surface area contributed by atoms with Gasteiger partial charge in [-0.2, -0.15) is 0 Å². The minimum Gasteiger partial charge on any atom is -0.480 e. The fraction of sp³-hybridized carbons (Fsp3) is 0.167. The van der Waals surface area contributed by atoms with Gasteiger partial charge in [-0.3, -0.25) is 4.79 Å². The molecule has 1 aromatic rings. The highest BCUT2D eigenvalue weighted by Crippen LogP contribution is 2.19. The van der Waals surface area contributed by atoms with E-state index in [0.717, 1.165) is 0 Å². The Balaban J connectivity index is 2.86. The molecular formula is C12H11BrClNO3. The molecule has 0 saturated carbocycles. The molecule has 0 fully saturated rings. The van der Waals surface area contributed by atoms with Crippen LogP contribution in [0.1, 0.15) is 16.8 Å². The quantitative estimate of drug-likeness (QED) is 0.815. The topological polar surface area (TPSA) is 66.4 Å². The molecule has 0 saturated heterocycles. The van der Waals surface area contributed by atoms with Gasteiger partial charge in [-0.05, 0) is 24.6 Å². The fourth-order valence-electron chi connectivity index (χ4n) is 1.31. The SMILES string of the molecule is C=CCC(NC(=O)c1cc(Cl)cc(Br)c1)C(=O)O. The lowest BCUT2D eigenvalue weighted by Crippen LogP contribution is -2.40. The molecule has 0 heterocycles. The van der Waals surface area contributed by atoms with E-state index in [2.05, 4.69) is 27.8 Å². The van der Waals surface area contributed by atoms with Crippen molar-refractivity contribution in [3.63, 3.8) is 0 Å². The van der Waals surface area contributed by atoms with Gasteiger partial charge in [0, 0.05) is 15.1 Å². The minimum atomic E-state index is -1.11. The summed E-state index contributed by atoms with van der Waals surface area (Å²) in [5, 5.41) is 11.7. The molecule has 96 valence electrons. The summed E-state index contributed by atoms with van der Waals surface area (Å²) < 4.78 is 0.649. The van der Waals surface area contributed by atoms with Gasteiger partial charge in [0.25, 0.3) is 5.91 Å². The summed E-state index contributed by atoms with van der Waals surface area (Å²) in [6.07, 6.45) is 1.59. The largest absolute Gasteiger partial charge is 0.480 e. The minimum absolute atomic E-state index is 0.156. The number of hydrogen-bond acceptors (Lipinski definition) is 2. The Bertz CT molecular complexity index is 470. The average Bonchev–Trinajstić information content (AvgIpc) is 2.26. The predicted octanol–water partition coefficient (Wildman–Crippen LogP) is 2.86. The van der Waals surface area contributed by atoms with Gasteiger partial charge in [-0.1, -0.05) is 33.6 Å². The number of carboxylic acid groups (broad SMARTS) is 1. The van der Waals surface area contributed by atoms with Crippen molar-refractivity contribution in [1.29, 1.82) is 0 Å². The molecule has 1 aromatic carbocycles. The number of benzene rings is 1. The Kier molecular flexibility index (Phi) is 5.37. The zero-order valence-corrected chi connectivity index (χ0v) is 11.7. The van der Waals surface area contributed by atoms with Crippen LogP contribution in [0.2, 0.25) is 5.02 Å². The molecule has 2 N–H and O–H groups in total. The smallest absolute Gasteiger partial charge is 0.326 e. The Morgan fingerprint density at radius 3 is 2.67 bits per heavy atom. The third-order valence-corrected chi connectivity index (χ3v) is 2.81. The van der Waals surface area contributed by atoms with Gasteiger partial charge in [0.2, 0.25) is 0 Å². The molecule has 18 heavy (non-hydrogen) atoms. The molecule has 0 aromatic heterocycles. The van der Waals surface area contributed by atoms with Crippen LogP contribution in [-0.4, -0.2) is 23.0 Å². The van der Waals surface area contributed by atoms with Crippen LogP contribution in [0.15, 0.2) is 35.3 Å². The van der Waals surface area contributed by atoms with Crippen LogP contribution in [0, 0.1) is 0 Å². The maximum Gasteiger partial charge on any atom is 0.326 e. The number of carbonyl (C=O) groups is 2. The van der Waals surface area contributed by atoms with Crippen LogP contribution >= 0.6 is 27.5 Å². The van der Waals surface area contributed by atoms with E-state index in [-0.39, 0.29) is 6.42 Å². The predicted molar refractivity (Wildman–Crippen MR) is 72.9 cm³/mol. The summed E-state index contributed by atoms with van der Waals surface area (Å²) in [6.45, 7) is 3.45. The molecule has 0 spiro atoms. The van der Waals surface area contributed by atoms with E-state index in [0.29, 0.717) is 15.1 Å². The summed E-state index contributed by atoms with van der Waals surface area (Å²) in [4.78, 5) is 22.7. The number of carbonyl (C=O) groups excluding carboxylic acids is 1. The zero-order chi connectivity index (χ0) is 13.7. The second-order valence-corrected chi connectivity index (χ2v) is 4.90. The molecule has 1 amide bonds. The van der Waals surface area contributed by atoms with Crippen molar-refractivity contribution in [3.8, 4) is 0 Å². The van der Waals surface area contributed by atoms with Gasteiger partial charge in [0.05, 0.1) is 0 Å². The summed E-state index contributed by atoms with van der Waals surface area (Å²) >= 11 is 9.02. The molecule has 0 aliphatic rings. The summed E-state index contributed by atoms with van der Waals surface area (Å²) in [7, 11) is 0. The molecule has 1 atom stereocenters. The number of halogens is 2. The Morgan fingerprint density at radius 2 is 2.17 bits per heavy atom. The van der Waals surface area contributed by atoms with E-state index < -0.39 is 17.9 Å². The molecular weight excluding hydrogens is 321 g/mol. The zero-order valence-electron chi connectivity index (χ0n) is 9.32. The van der Waals surface area contributed by atoms with Gasteiger partial charge in [0.1, 0.15) is 6.04 Å².